The van der Waals surface area contributed by atoms with E-state index in [2.05, 4.69) is 6.92 Å². The van der Waals surface area contributed by atoms with Crippen molar-refractivity contribution in [1.29, 1.82) is 0 Å². The van der Waals surface area contributed by atoms with Crippen LogP contribution in [0.2, 0.25) is 5.02 Å². The lowest BCUT2D eigenvalue weighted by Gasteiger charge is -2.22. The van der Waals surface area contributed by atoms with E-state index in [1.165, 1.54) is 12.8 Å². The van der Waals surface area contributed by atoms with E-state index in [0.717, 1.165) is 30.5 Å². The largest absolute Gasteiger partial charge is 0.338 e. The van der Waals surface area contributed by atoms with E-state index in [1.54, 1.807) is 0 Å². The van der Waals surface area contributed by atoms with Gasteiger partial charge in [-0.1, -0.05) is 43.5 Å². The molecule has 2 rings (SSSR count). The molecule has 1 aromatic rings. The van der Waals surface area contributed by atoms with E-state index in [4.69, 9.17) is 17.3 Å². The summed E-state index contributed by atoms with van der Waals surface area (Å²) in [6.07, 6.45) is 5.24. The van der Waals surface area contributed by atoms with Crippen LogP contribution in [0.15, 0.2) is 18.2 Å². The van der Waals surface area contributed by atoms with E-state index >= 15 is 0 Å². The molecular weight excluding hydrogens is 284 g/mol. The van der Waals surface area contributed by atoms with Gasteiger partial charge in [-0.3, -0.25) is 4.79 Å². The lowest BCUT2D eigenvalue weighted by Crippen LogP contribution is -2.29. The van der Waals surface area contributed by atoms with Crippen LogP contribution in [0.5, 0.6) is 0 Å². The molecule has 0 bridgehead atoms. The predicted octanol–water partition coefficient (Wildman–Crippen LogP) is 3.73. The Morgan fingerprint density at radius 2 is 2.19 bits per heavy atom. The summed E-state index contributed by atoms with van der Waals surface area (Å²) in [5, 5.41) is 0.708. The van der Waals surface area contributed by atoms with Crippen LogP contribution in [0.25, 0.3) is 0 Å². The number of hydrogen-bond donors (Lipinski definition) is 1. The van der Waals surface area contributed by atoms with Crippen molar-refractivity contribution in [2.75, 3.05) is 6.54 Å². The second kappa shape index (κ2) is 7.81. The highest BCUT2D eigenvalue weighted by atomic mass is 35.5. The molecule has 116 valence electrons. The van der Waals surface area contributed by atoms with Crippen LogP contribution >= 0.6 is 11.6 Å². The molecule has 1 atom stereocenters. The Morgan fingerprint density at radius 1 is 1.38 bits per heavy atom. The smallest absolute Gasteiger partial charge is 0.222 e. The molecule has 1 amide bonds. The first-order chi connectivity index (χ1) is 10.1. The van der Waals surface area contributed by atoms with Gasteiger partial charge in [0.15, 0.2) is 0 Å². The number of benzene rings is 1. The lowest BCUT2D eigenvalue weighted by atomic mass is 9.96. The third kappa shape index (κ3) is 4.45. The van der Waals surface area contributed by atoms with Gasteiger partial charge in [0.05, 0.1) is 0 Å². The minimum atomic E-state index is 0.257. The highest BCUT2D eigenvalue weighted by molar-refractivity contribution is 6.31. The van der Waals surface area contributed by atoms with Gasteiger partial charge in [0.2, 0.25) is 5.91 Å². The minimum absolute atomic E-state index is 0.257. The molecule has 0 saturated carbocycles. The molecule has 1 unspecified atom stereocenters. The van der Waals surface area contributed by atoms with Gasteiger partial charge in [0.1, 0.15) is 0 Å². The molecule has 1 fully saturated rings. The lowest BCUT2D eigenvalue weighted by molar-refractivity contribution is -0.131. The van der Waals surface area contributed by atoms with Gasteiger partial charge in [0, 0.05) is 31.1 Å². The summed E-state index contributed by atoms with van der Waals surface area (Å²) >= 11 is 6.30. The molecule has 3 nitrogen and oxygen atoms in total. The Morgan fingerprint density at radius 3 is 2.86 bits per heavy atom. The van der Waals surface area contributed by atoms with Crippen molar-refractivity contribution in [2.24, 2.45) is 11.7 Å². The van der Waals surface area contributed by atoms with Gasteiger partial charge in [-0.2, -0.15) is 0 Å². The van der Waals surface area contributed by atoms with Gasteiger partial charge in [-0.05, 0) is 36.0 Å². The maximum Gasteiger partial charge on any atom is 0.222 e. The number of carbonyl (C=O) groups excluding carboxylic acids is 1. The molecule has 1 saturated heterocycles. The first-order valence-corrected chi connectivity index (χ1v) is 8.27. The van der Waals surface area contributed by atoms with Gasteiger partial charge in [-0.15, -0.1) is 0 Å². The normalized spacial score (nSPS) is 19.7. The molecule has 0 spiro atoms. The van der Waals surface area contributed by atoms with E-state index in [1.807, 2.05) is 23.1 Å². The summed E-state index contributed by atoms with van der Waals surface area (Å²) in [6, 6.07) is 5.88. The van der Waals surface area contributed by atoms with E-state index in [0.29, 0.717) is 30.5 Å². The van der Waals surface area contributed by atoms with Gasteiger partial charge >= 0.3 is 0 Å². The molecular formula is C17H25ClN2O. The summed E-state index contributed by atoms with van der Waals surface area (Å²) in [5.74, 6) is 0.951. The van der Waals surface area contributed by atoms with Crippen molar-refractivity contribution in [3.05, 3.63) is 34.3 Å². The molecule has 0 aliphatic carbocycles. The molecule has 1 aliphatic rings. The van der Waals surface area contributed by atoms with E-state index in [9.17, 15) is 4.79 Å². The fraction of sp³-hybridized carbons (Fsp3) is 0.588. The average Bonchev–Trinajstić information content (AvgIpc) is 2.65. The Balaban J connectivity index is 2.03. The fourth-order valence-corrected chi connectivity index (χ4v) is 3.27. The van der Waals surface area contributed by atoms with Crippen LogP contribution in [0.4, 0.5) is 0 Å². The predicted molar refractivity (Wildman–Crippen MR) is 87.0 cm³/mol. The summed E-state index contributed by atoms with van der Waals surface area (Å²) < 4.78 is 0. The van der Waals surface area contributed by atoms with Crippen molar-refractivity contribution >= 4 is 17.5 Å². The highest BCUT2D eigenvalue weighted by Crippen LogP contribution is 2.25. The summed E-state index contributed by atoms with van der Waals surface area (Å²) in [6.45, 7) is 4.16. The van der Waals surface area contributed by atoms with Crippen molar-refractivity contribution in [3.8, 4) is 0 Å². The highest BCUT2D eigenvalue weighted by Gasteiger charge is 2.22. The third-order valence-electron chi connectivity index (χ3n) is 4.34. The number of hydrogen-bond acceptors (Lipinski definition) is 2. The number of nitrogens with two attached hydrogens (primary N) is 1. The van der Waals surface area contributed by atoms with Crippen molar-refractivity contribution in [3.63, 3.8) is 0 Å². The molecule has 1 aliphatic heterocycles. The van der Waals surface area contributed by atoms with Crippen LogP contribution in [0, 0.1) is 5.92 Å². The SMILES string of the molecule is CCCC1CCC(=O)N(Cc2ccc(CN)cc2Cl)CC1. The summed E-state index contributed by atoms with van der Waals surface area (Å²) in [5.41, 5.74) is 7.65. The minimum Gasteiger partial charge on any atom is -0.338 e. The Kier molecular flexibility index (Phi) is 6.07. The Bertz CT molecular complexity index is 490. The number of nitrogens with zero attached hydrogens (tertiary/aromatic N) is 1. The number of rotatable bonds is 5. The number of halogens is 1. The fourth-order valence-electron chi connectivity index (χ4n) is 3.01. The van der Waals surface area contributed by atoms with Crippen molar-refractivity contribution < 1.29 is 4.79 Å². The maximum absolute atomic E-state index is 12.3. The van der Waals surface area contributed by atoms with Gasteiger partial charge in [-0.25, -0.2) is 0 Å². The van der Waals surface area contributed by atoms with Crippen LogP contribution in [-0.4, -0.2) is 17.4 Å². The second-order valence-corrected chi connectivity index (χ2v) is 6.33. The van der Waals surface area contributed by atoms with Crippen LogP contribution < -0.4 is 5.73 Å². The molecule has 0 radical (unpaired) electrons. The zero-order valence-corrected chi connectivity index (χ0v) is 13.5. The first-order valence-electron chi connectivity index (χ1n) is 7.89. The second-order valence-electron chi connectivity index (χ2n) is 5.93. The number of likely N-dealkylation sites (tertiary alicyclic amines) is 1. The topological polar surface area (TPSA) is 46.3 Å². The first kappa shape index (κ1) is 16.3. The monoisotopic (exact) mass is 308 g/mol. The Labute approximate surface area is 132 Å². The van der Waals surface area contributed by atoms with E-state index in [-0.39, 0.29) is 5.91 Å². The van der Waals surface area contributed by atoms with Crippen molar-refractivity contribution in [1.82, 2.24) is 4.90 Å². The molecule has 1 aromatic carbocycles. The zero-order chi connectivity index (χ0) is 15.2. The van der Waals surface area contributed by atoms with Gasteiger partial charge < -0.3 is 10.6 Å². The number of amides is 1. The molecule has 2 N–H and O–H groups in total. The van der Waals surface area contributed by atoms with Crippen LogP contribution in [0.3, 0.4) is 0 Å². The van der Waals surface area contributed by atoms with Crippen molar-refractivity contribution in [2.45, 2.75) is 52.1 Å². The Hall–Kier alpha value is -1.06. The standard InChI is InChI=1S/C17H25ClN2O/c1-2-3-13-5-7-17(21)20(9-8-13)12-15-6-4-14(11-19)10-16(15)18/h4,6,10,13H,2-3,5,7-9,11-12,19H2,1H3. The maximum atomic E-state index is 12.3. The molecule has 1 heterocycles. The molecule has 21 heavy (non-hydrogen) atoms. The van der Waals surface area contributed by atoms with Crippen LogP contribution in [-0.2, 0) is 17.9 Å². The average molecular weight is 309 g/mol. The summed E-state index contributed by atoms with van der Waals surface area (Å²) in [7, 11) is 0. The number of carbonyl (C=O) groups is 1. The van der Waals surface area contributed by atoms with Gasteiger partial charge in [0.25, 0.3) is 0 Å². The zero-order valence-electron chi connectivity index (χ0n) is 12.8. The third-order valence-corrected chi connectivity index (χ3v) is 4.69. The quantitative estimate of drug-likeness (QED) is 0.901. The van der Waals surface area contributed by atoms with Crippen LogP contribution in [0.1, 0.15) is 50.2 Å². The molecule has 0 aromatic heterocycles. The summed E-state index contributed by atoms with van der Waals surface area (Å²) in [4.78, 5) is 14.2. The molecule has 4 heteroatoms. The van der Waals surface area contributed by atoms with E-state index < -0.39 is 0 Å².